The Morgan fingerprint density at radius 3 is 3.00 bits per heavy atom. The number of hydrogen-bond acceptors (Lipinski definition) is 5. The average Bonchev–Trinajstić information content (AvgIpc) is 2.18. The highest BCUT2D eigenvalue weighted by Crippen LogP contribution is 2.13. The van der Waals surface area contributed by atoms with Crippen molar-refractivity contribution in [3.63, 3.8) is 0 Å². The van der Waals surface area contributed by atoms with Crippen LogP contribution in [0.3, 0.4) is 0 Å². The van der Waals surface area contributed by atoms with Gasteiger partial charge in [-0.05, 0) is 13.0 Å². The molecule has 0 aliphatic heterocycles. The van der Waals surface area contributed by atoms with E-state index in [4.69, 9.17) is 28.0 Å². The van der Waals surface area contributed by atoms with Crippen molar-refractivity contribution in [2.24, 2.45) is 0 Å². The fourth-order valence-corrected chi connectivity index (χ4v) is 1.22. The number of esters is 1. The number of carbonyl (C=O) groups excluding carboxylic acids is 1. The van der Waals surface area contributed by atoms with Gasteiger partial charge >= 0.3 is 5.97 Å². The van der Waals surface area contributed by atoms with E-state index >= 15 is 0 Å². The number of pyridine rings is 1. The number of ether oxygens (including phenoxy) is 1. The number of rotatable bonds is 2. The molecular formula is C9H9N3O2S. The van der Waals surface area contributed by atoms with Gasteiger partial charge in [0.2, 0.25) is 0 Å². The third-order valence-electron chi connectivity index (χ3n) is 1.69. The van der Waals surface area contributed by atoms with E-state index in [0.717, 1.165) is 0 Å². The van der Waals surface area contributed by atoms with Crippen LogP contribution in [0.4, 0.5) is 5.82 Å². The molecule has 1 rings (SSSR count). The molecule has 3 N–H and O–H groups in total. The summed E-state index contributed by atoms with van der Waals surface area (Å²) in [7, 11) is 0. The molecule has 0 saturated heterocycles. The first-order valence-corrected chi connectivity index (χ1v) is 4.61. The lowest BCUT2D eigenvalue weighted by Gasteiger charge is -2.05. The molecular weight excluding hydrogens is 214 g/mol. The normalized spacial score (nSPS) is 9.33. The van der Waals surface area contributed by atoms with E-state index in [1.165, 1.54) is 6.07 Å². The number of aromatic amines is 1. The lowest BCUT2D eigenvalue weighted by molar-refractivity contribution is 0.0527. The van der Waals surface area contributed by atoms with Gasteiger partial charge in [0.05, 0.1) is 12.2 Å². The Kier molecular flexibility index (Phi) is 3.42. The molecule has 0 amide bonds. The molecule has 1 heterocycles. The minimum atomic E-state index is -0.572. The summed E-state index contributed by atoms with van der Waals surface area (Å²) in [5.41, 5.74) is 5.87. The molecule has 0 saturated carbocycles. The zero-order chi connectivity index (χ0) is 11.4. The fourth-order valence-electron chi connectivity index (χ4n) is 1.01. The molecule has 0 radical (unpaired) electrons. The van der Waals surface area contributed by atoms with Crippen LogP contribution < -0.4 is 5.73 Å². The predicted molar refractivity (Wildman–Crippen MR) is 56.7 cm³/mol. The van der Waals surface area contributed by atoms with Crippen molar-refractivity contribution in [1.29, 1.82) is 5.26 Å². The van der Waals surface area contributed by atoms with Crippen LogP contribution in [-0.2, 0) is 4.74 Å². The van der Waals surface area contributed by atoms with Crippen LogP contribution >= 0.6 is 12.2 Å². The van der Waals surface area contributed by atoms with Crippen LogP contribution in [0.25, 0.3) is 0 Å². The van der Waals surface area contributed by atoms with Crippen molar-refractivity contribution in [3.05, 3.63) is 21.8 Å². The largest absolute Gasteiger partial charge is 0.462 e. The van der Waals surface area contributed by atoms with Gasteiger partial charge in [0.1, 0.15) is 22.1 Å². The van der Waals surface area contributed by atoms with Crippen molar-refractivity contribution in [2.45, 2.75) is 6.92 Å². The number of H-pyrrole nitrogens is 1. The van der Waals surface area contributed by atoms with Gasteiger partial charge < -0.3 is 15.5 Å². The maximum atomic E-state index is 11.4. The minimum absolute atomic E-state index is 0.109. The first-order chi connectivity index (χ1) is 7.10. The maximum absolute atomic E-state index is 11.4. The first kappa shape index (κ1) is 11.2. The van der Waals surface area contributed by atoms with E-state index < -0.39 is 5.97 Å². The second kappa shape index (κ2) is 4.57. The monoisotopic (exact) mass is 223 g/mol. The molecule has 0 bridgehead atoms. The second-order valence-electron chi connectivity index (χ2n) is 2.67. The highest BCUT2D eigenvalue weighted by atomic mass is 32.1. The molecule has 0 aliphatic rings. The molecule has 1 aromatic rings. The molecule has 1 aromatic heterocycles. The molecule has 6 heteroatoms. The number of nitrogens with zero attached hydrogens (tertiary/aromatic N) is 1. The Bertz CT molecular complexity index is 487. The maximum Gasteiger partial charge on any atom is 0.341 e. The van der Waals surface area contributed by atoms with Crippen LogP contribution in [0.5, 0.6) is 0 Å². The van der Waals surface area contributed by atoms with E-state index in [-0.39, 0.29) is 28.2 Å². The van der Waals surface area contributed by atoms with Gasteiger partial charge in [-0.1, -0.05) is 12.2 Å². The smallest absolute Gasteiger partial charge is 0.341 e. The van der Waals surface area contributed by atoms with E-state index in [2.05, 4.69) is 4.98 Å². The summed E-state index contributed by atoms with van der Waals surface area (Å²) >= 11 is 4.84. The van der Waals surface area contributed by atoms with E-state index in [1.54, 1.807) is 6.92 Å². The zero-order valence-corrected chi connectivity index (χ0v) is 8.85. The molecule has 0 aromatic carbocycles. The van der Waals surface area contributed by atoms with Crippen molar-refractivity contribution in [2.75, 3.05) is 12.3 Å². The molecule has 78 valence electrons. The number of nitrogens with one attached hydrogen (secondary N) is 1. The van der Waals surface area contributed by atoms with Gasteiger partial charge in [0, 0.05) is 0 Å². The average molecular weight is 223 g/mol. The van der Waals surface area contributed by atoms with Crippen LogP contribution in [0, 0.1) is 16.0 Å². The number of aromatic nitrogens is 1. The van der Waals surface area contributed by atoms with Gasteiger partial charge in [0.25, 0.3) is 0 Å². The van der Waals surface area contributed by atoms with Crippen LogP contribution in [0.15, 0.2) is 6.07 Å². The number of anilines is 1. The van der Waals surface area contributed by atoms with Crippen molar-refractivity contribution in [3.8, 4) is 6.07 Å². The summed E-state index contributed by atoms with van der Waals surface area (Å²) in [6.07, 6.45) is 0. The van der Waals surface area contributed by atoms with Crippen LogP contribution in [0.2, 0.25) is 0 Å². The number of nitrogen functional groups attached to an aromatic ring is 1. The molecule has 0 aliphatic carbocycles. The molecule has 0 unspecified atom stereocenters. The van der Waals surface area contributed by atoms with Crippen molar-refractivity contribution >= 4 is 24.0 Å². The highest BCUT2D eigenvalue weighted by Gasteiger charge is 2.12. The second-order valence-corrected chi connectivity index (χ2v) is 3.08. The Balaban J connectivity index is 3.26. The Morgan fingerprint density at radius 1 is 1.80 bits per heavy atom. The minimum Gasteiger partial charge on any atom is -0.462 e. The van der Waals surface area contributed by atoms with Gasteiger partial charge in [-0.25, -0.2) is 4.79 Å². The molecule has 15 heavy (non-hydrogen) atoms. The third-order valence-corrected chi connectivity index (χ3v) is 2.01. The summed E-state index contributed by atoms with van der Waals surface area (Å²) < 4.78 is 4.98. The third kappa shape index (κ3) is 2.33. The SMILES string of the molecule is CCOC(=O)c1cc(C#N)c(=S)[nH]c1N. The number of nitrogens with two attached hydrogens (primary N) is 1. The summed E-state index contributed by atoms with van der Waals surface area (Å²) in [4.78, 5) is 13.9. The van der Waals surface area contributed by atoms with Gasteiger partial charge in [0.15, 0.2) is 0 Å². The standard InChI is InChI=1S/C9H9N3O2S/c1-2-14-9(13)6-3-5(4-10)8(15)12-7(6)11/h3H,2H2,1H3,(H3,11,12,15). The Labute approximate surface area is 91.5 Å². The number of nitriles is 1. The summed E-state index contributed by atoms with van der Waals surface area (Å²) in [5.74, 6) is -0.463. The topological polar surface area (TPSA) is 91.9 Å². The van der Waals surface area contributed by atoms with E-state index in [1.807, 2.05) is 6.07 Å². The quantitative estimate of drug-likeness (QED) is 0.583. The van der Waals surface area contributed by atoms with Crippen LogP contribution in [-0.4, -0.2) is 17.6 Å². The Hall–Kier alpha value is -1.87. The number of carbonyl (C=O) groups is 1. The van der Waals surface area contributed by atoms with Crippen molar-refractivity contribution < 1.29 is 9.53 Å². The van der Waals surface area contributed by atoms with E-state index in [0.29, 0.717) is 0 Å². The summed E-state index contributed by atoms with van der Waals surface area (Å²) in [6, 6.07) is 3.19. The molecule has 5 nitrogen and oxygen atoms in total. The van der Waals surface area contributed by atoms with E-state index in [9.17, 15) is 4.79 Å². The number of hydrogen-bond donors (Lipinski definition) is 2. The lowest BCUT2D eigenvalue weighted by atomic mass is 10.2. The molecule has 0 fully saturated rings. The first-order valence-electron chi connectivity index (χ1n) is 4.20. The highest BCUT2D eigenvalue weighted by molar-refractivity contribution is 7.71. The molecule has 0 spiro atoms. The summed E-state index contributed by atoms with van der Waals surface area (Å²) in [6.45, 7) is 1.93. The molecule has 0 atom stereocenters. The van der Waals surface area contributed by atoms with Crippen LogP contribution in [0.1, 0.15) is 22.8 Å². The predicted octanol–water partition coefficient (Wildman–Crippen LogP) is 1.37. The fraction of sp³-hybridized carbons (Fsp3) is 0.222. The van der Waals surface area contributed by atoms with Gasteiger partial charge in [-0.3, -0.25) is 0 Å². The Morgan fingerprint density at radius 2 is 2.47 bits per heavy atom. The van der Waals surface area contributed by atoms with Gasteiger partial charge in [-0.2, -0.15) is 5.26 Å². The van der Waals surface area contributed by atoms with Gasteiger partial charge in [-0.15, -0.1) is 0 Å². The summed E-state index contributed by atoms with van der Waals surface area (Å²) in [5, 5.41) is 8.72. The van der Waals surface area contributed by atoms with Crippen molar-refractivity contribution in [1.82, 2.24) is 4.98 Å². The lowest BCUT2D eigenvalue weighted by Crippen LogP contribution is -2.10. The zero-order valence-electron chi connectivity index (χ0n) is 8.03.